The van der Waals surface area contributed by atoms with Gasteiger partial charge in [0.2, 0.25) is 0 Å². The van der Waals surface area contributed by atoms with Crippen LogP contribution in [0.25, 0.3) is 0 Å². The van der Waals surface area contributed by atoms with Crippen molar-refractivity contribution in [1.29, 1.82) is 0 Å². The molecular weight excluding hydrogens is 288 g/mol. The third-order valence-electron chi connectivity index (χ3n) is 3.53. The fourth-order valence-electron chi connectivity index (χ4n) is 2.64. The van der Waals surface area contributed by atoms with Crippen LogP contribution in [-0.2, 0) is 0 Å². The van der Waals surface area contributed by atoms with Crippen LogP contribution in [0, 0.1) is 25.5 Å². The third-order valence-corrected chi connectivity index (χ3v) is 3.53. The van der Waals surface area contributed by atoms with E-state index in [-0.39, 0.29) is 11.7 Å². The van der Waals surface area contributed by atoms with E-state index in [0.717, 1.165) is 29.5 Å². The maximum Gasteiger partial charge on any atom is 0.330 e. The largest absolute Gasteiger partial charge is 0.330 e. The zero-order valence-electron chi connectivity index (χ0n) is 12.3. The minimum atomic E-state index is -0.703. The molecule has 1 saturated heterocycles. The van der Waals surface area contributed by atoms with Crippen LogP contribution in [0.4, 0.5) is 25.1 Å². The van der Waals surface area contributed by atoms with Crippen molar-refractivity contribution in [1.82, 2.24) is 4.98 Å². The van der Waals surface area contributed by atoms with E-state index in [1.807, 2.05) is 26.0 Å². The van der Waals surface area contributed by atoms with Crippen molar-refractivity contribution in [3.05, 3.63) is 53.2 Å². The Morgan fingerprint density at radius 3 is 2.23 bits per heavy atom. The van der Waals surface area contributed by atoms with Gasteiger partial charge in [-0.3, -0.25) is 9.80 Å². The highest BCUT2D eigenvalue weighted by molar-refractivity contribution is 6.05. The summed E-state index contributed by atoms with van der Waals surface area (Å²) in [5.41, 5.74) is 2.04. The van der Waals surface area contributed by atoms with Crippen molar-refractivity contribution in [3.63, 3.8) is 0 Å². The summed E-state index contributed by atoms with van der Waals surface area (Å²) >= 11 is 0. The monoisotopic (exact) mass is 303 g/mol. The van der Waals surface area contributed by atoms with Crippen LogP contribution in [-0.4, -0.2) is 24.1 Å². The second-order valence-corrected chi connectivity index (χ2v) is 5.36. The number of aromatic nitrogens is 1. The van der Waals surface area contributed by atoms with Crippen molar-refractivity contribution in [3.8, 4) is 0 Å². The molecule has 2 heterocycles. The summed E-state index contributed by atoms with van der Waals surface area (Å²) < 4.78 is 26.7. The van der Waals surface area contributed by atoms with Crippen LogP contribution in [0.5, 0.6) is 0 Å². The first-order valence-electron chi connectivity index (χ1n) is 6.94. The lowest BCUT2D eigenvalue weighted by Gasteiger charge is -2.19. The maximum absolute atomic E-state index is 13.3. The molecule has 0 saturated carbocycles. The van der Waals surface area contributed by atoms with Gasteiger partial charge in [-0.2, -0.15) is 0 Å². The fraction of sp³-hybridized carbons (Fsp3) is 0.250. The van der Waals surface area contributed by atoms with Gasteiger partial charge in [0.1, 0.15) is 17.5 Å². The standard InChI is InChI=1S/C16H15F2N3O/c1-10-5-11(2)19-15(6-10)21-4-3-20(16(21)22)14-8-12(17)7-13(18)9-14/h5-9H,3-4H2,1-2H3. The molecule has 3 rings (SSSR count). The second kappa shape index (κ2) is 5.36. The van der Waals surface area contributed by atoms with E-state index < -0.39 is 11.6 Å². The van der Waals surface area contributed by atoms with Gasteiger partial charge in [0.15, 0.2) is 0 Å². The van der Waals surface area contributed by atoms with Crippen molar-refractivity contribution >= 4 is 17.5 Å². The summed E-state index contributed by atoms with van der Waals surface area (Å²) in [5.74, 6) is -0.849. The molecule has 1 fully saturated rings. The number of carbonyl (C=O) groups is 1. The van der Waals surface area contributed by atoms with Gasteiger partial charge in [-0.15, -0.1) is 0 Å². The summed E-state index contributed by atoms with van der Waals surface area (Å²) in [6.45, 7) is 4.57. The van der Waals surface area contributed by atoms with Crippen LogP contribution in [0.2, 0.25) is 0 Å². The van der Waals surface area contributed by atoms with Crippen molar-refractivity contribution in [2.45, 2.75) is 13.8 Å². The minimum Gasteiger partial charge on any atom is -0.292 e. The van der Waals surface area contributed by atoms with Crippen LogP contribution >= 0.6 is 0 Å². The SMILES string of the molecule is Cc1cc(C)nc(N2CCN(c3cc(F)cc(F)c3)C2=O)c1. The number of nitrogens with zero attached hydrogens (tertiary/aromatic N) is 3. The second-order valence-electron chi connectivity index (χ2n) is 5.36. The first-order valence-corrected chi connectivity index (χ1v) is 6.94. The lowest BCUT2D eigenvalue weighted by atomic mass is 10.2. The fourth-order valence-corrected chi connectivity index (χ4v) is 2.64. The number of pyridine rings is 1. The van der Waals surface area contributed by atoms with E-state index in [4.69, 9.17) is 0 Å². The highest BCUT2D eigenvalue weighted by Crippen LogP contribution is 2.26. The molecule has 114 valence electrons. The van der Waals surface area contributed by atoms with Gasteiger partial charge in [0.05, 0.1) is 5.69 Å². The molecule has 1 aliphatic rings. The van der Waals surface area contributed by atoms with Gasteiger partial charge in [-0.1, -0.05) is 0 Å². The molecule has 0 aliphatic carbocycles. The van der Waals surface area contributed by atoms with Crippen LogP contribution < -0.4 is 9.80 Å². The quantitative estimate of drug-likeness (QED) is 0.852. The van der Waals surface area contributed by atoms with Crippen LogP contribution in [0.1, 0.15) is 11.3 Å². The molecule has 1 aromatic carbocycles. The Bertz CT molecular complexity index is 646. The molecule has 0 spiro atoms. The Balaban J connectivity index is 1.91. The molecule has 0 bridgehead atoms. The van der Waals surface area contributed by atoms with Crippen molar-refractivity contribution < 1.29 is 13.6 Å². The highest BCUT2D eigenvalue weighted by Gasteiger charge is 2.32. The average molecular weight is 303 g/mol. The Hall–Kier alpha value is -2.50. The predicted octanol–water partition coefficient (Wildman–Crippen LogP) is 3.42. The Morgan fingerprint density at radius 2 is 1.59 bits per heavy atom. The molecule has 2 aromatic rings. The van der Waals surface area contributed by atoms with Gasteiger partial charge >= 0.3 is 6.03 Å². The van der Waals surface area contributed by atoms with Gasteiger partial charge in [0.25, 0.3) is 0 Å². The predicted molar refractivity (Wildman–Crippen MR) is 80.2 cm³/mol. The van der Waals surface area contributed by atoms with Gasteiger partial charge in [-0.05, 0) is 43.7 Å². The number of rotatable bonds is 2. The van der Waals surface area contributed by atoms with E-state index in [1.54, 1.807) is 0 Å². The van der Waals surface area contributed by atoms with E-state index in [0.29, 0.717) is 18.9 Å². The molecule has 6 heteroatoms. The van der Waals surface area contributed by atoms with Gasteiger partial charge < -0.3 is 0 Å². The number of hydrogen-bond donors (Lipinski definition) is 0. The molecule has 0 unspecified atom stereocenters. The summed E-state index contributed by atoms with van der Waals surface area (Å²) in [6, 6.07) is 6.50. The Labute approximate surface area is 127 Å². The summed E-state index contributed by atoms with van der Waals surface area (Å²) in [7, 11) is 0. The topological polar surface area (TPSA) is 36.4 Å². The summed E-state index contributed by atoms with van der Waals surface area (Å²) in [4.78, 5) is 19.7. The number of aryl methyl sites for hydroxylation is 2. The Morgan fingerprint density at radius 1 is 0.955 bits per heavy atom. The molecular formula is C16H15F2N3O. The Kier molecular flexibility index (Phi) is 3.52. The van der Waals surface area contributed by atoms with Crippen LogP contribution in [0.3, 0.4) is 0 Å². The highest BCUT2D eigenvalue weighted by atomic mass is 19.1. The lowest BCUT2D eigenvalue weighted by molar-refractivity contribution is 0.255. The zero-order chi connectivity index (χ0) is 15.9. The third kappa shape index (κ3) is 2.64. The molecule has 0 atom stereocenters. The van der Waals surface area contributed by atoms with Crippen molar-refractivity contribution in [2.75, 3.05) is 22.9 Å². The van der Waals surface area contributed by atoms with Crippen molar-refractivity contribution in [2.24, 2.45) is 0 Å². The number of hydrogen-bond acceptors (Lipinski definition) is 2. The normalized spacial score (nSPS) is 14.8. The maximum atomic E-state index is 13.3. The molecule has 0 radical (unpaired) electrons. The number of amides is 2. The minimum absolute atomic E-state index is 0.217. The van der Waals surface area contributed by atoms with Gasteiger partial charge in [-0.25, -0.2) is 18.6 Å². The summed E-state index contributed by atoms with van der Waals surface area (Å²) in [6.07, 6.45) is 0. The molecule has 22 heavy (non-hydrogen) atoms. The molecule has 2 amide bonds. The van der Waals surface area contributed by atoms with E-state index in [2.05, 4.69) is 4.98 Å². The zero-order valence-corrected chi connectivity index (χ0v) is 12.3. The van der Waals surface area contributed by atoms with Crippen LogP contribution in [0.15, 0.2) is 30.3 Å². The number of halogens is 2. The van der Waals surface area contributed by atoms with E-state index in [9.17, 15) is 13.6 Å². The smallest absolute Gasteiger partial charge is 0.292 e. The molecule has 4 nitrogen and oxygen atoms in total. The number of benzene rings is 1. The van der Waals surface area contributed by atoms with Gasteiger partial charge in [0, 0.05) is 24.8 Å². The number of anilines is 2. The summed E-state index contributed by atoms with van der Waals surface area (Å²) in [5, 5.41) is 0. The van der Waals surface area contributed by atoms with E-state index >= 15 is 0 Å². The number of urea groups is 1. The first-order chi connectivity index (χ1) is 10.4. The lowest BCUT2D eigenvalue weighted by Crippen LogP contribution is -2.32. The number of carbonyl (C=O) groups excluding carboxylic acids is 1. The average Bonchev–Trinajstić information content (AvgIpc) is 2.78. The molecule has 1 aliphatic heterocycles. The molecule has 0 N–H and O–H groups in total. The van der Waals surface area contributed by atoms with E-state index in [1.165, 1.54) is 9.80 Å². The first kappa shape index (κ1) is 14.4. The molecule has 1 aromatic heterocycles.